The molecule has 0 aromatic rings. The van der Waals surface area contributed by atoms with E-state index >= 15 is 0 Å². The number of carbonyl (C=O) groups is 3. The summed E-state index contributed by atoms with van der Waals surface area (Å²) >= 11 is 0. The molecule has 0 spiro atoms. The molecule has 1 rings (SSSR count). The molecule has 23 heavy (non-hydrogen) atoms. The summed E-state index contributed by atoms with van der Waals surface area (Å²) in [5.74, 6) is -0.466. The van der Waals surface area contributed by atoms with Crippen LogP contribution in [0.15, 0.2) is 0 Å². The smallest absolute Gasteiger partial charge is 0.315 e. The van der Waals surface area contributed by atoms with Gasteiger partial charge in [0.1, 0.15) is 0 Å². The van der Waals surface area contributed by atoms with Crippen LogP contribution in [0.2, 0.25) is 0 Å². The number of urea groups is 1. The van der Waals surface area contributed by atoms with Gasteiger partial charge in [-0.25, -0.2) is 4.79 Å². The maximum Gasteiger partial charge on any atom is 0.315 e. The van der Waals surface area contributed by atoms with Crippen LogP contribution in [0.1, 0.15) is 33.1 Å². The lowest BCUT2D eigenvalue weighted by atomic mass is 9.92. The fraction of sp³-hybridized carbons (Fsp3) is 0.800. The number of primary amides is 2. The molecule has 8 nitrogen and oxygen atoms in total. The molecule has 132 valence electrons. The van der Waals surface area contributed by atoms with Crippen molar-refractivity contribution in [2.45, 2.75) is 39.2 Å². The number of hydrogen-bond acceptors (Lipinski definition) is 4. The molecule has 1 aliphatic heterocycles. The standard InChI is InChI=1S/C15H29N5O3/c1-10-7-11(2)9-20(8-10)6-4-3-5-18-15(23)19-12(13(16)21)14(17)22/h10-12H,3-9H2,1-2H3,(H2,16,21)(H2,17,22)(H2,18,19,23)/t10-,11-/m1/s1. The second-order valence-electron chi connectivity index (χ2n) is 6.55. The predicted octanol–water partition coefficient (Wildman–Crippen LogP) is -0.617. The Hall–Kier alpha value is -1.83. The highest BCUT2D eigenvalue weighted by Crippen LogP contribution is 2.20. The Morgan fingerprint density at radius 3 is 2.17 bits per heavy atom. The molecule has 1 heterocycles. The average Bonchev–Trinajstić information content (AvgIpc) is 2.42. The summed E-state index contributed by atoms with van der Waals surface area (Å²) in [5.41, 5.74) is 9.96. The number of nitrogens with one attached hydrogen (secondary N) is 2. The van der Waals surface area contributed by atoms with Gasteiger partial charge in [0.15, 0.2) is 6.04 Å². The molecule has 1 aliphatic rings. The van der Waals surface area contributed by atoms with Crippen LogP contribution in [0.4, 0.5) is 4.79 Å². The van der Waals surface area contributed by atoms with Gasteiger partial charge in [-0.3, -0.25) is 9.59 Å². The van der Waals surface area contributed by atoms with Crippen LogP contribution in [0.25, 0.3) is 0 Å². The third-order valence-electron chi connectivity index (χ3n) is 3.98. The molecule has 4 amide bonds. The summed E-state index contributed by atoms with van der Waals surface area (Å²) in [6.45, 7) is 8.32. The first-order valence-electron chi connectivity index (χ1n) is 8.15. The largest absolute Gasteiger partial charge is 0.367 e. The zero-order chi connectivity index (χ0) is 17.4. The van der Waals surface area contributed by atoms with Crippen LogP contribution < -0.4 is 22.1 Å². The molecule has 0 aromatic carbocycles. The minimum atomic E-state index is -1.48. The van der Waals surface area contributed by atoms with Gasteiger partial charge >= 0.3 is 6.03 Å². The van der Waals surface area contributed by atoms with Crippen LogP contribution in [-0.2, 0) is 9.59 Å². The summed E-state index contributed by atoms with van der Waals surface area (Å²) in [6, 6.07) is -2.10. The van der Waals surface area contributed by atoms with Crippen molar-refractivity contribution in [3.8, 4) is 0 Å². The maximum atomic E-state index is 11.6. The lowest BCUT2D eigenvalue weighted by Gasteiger charge is -2.34. The highest BCUT2D eigenvalue weighted by molar-refractivity contribution is 6.05. The van der Waals surface area contributed by atoms with Gasteiger partial charge in [0, 0.05) is 19.6 Å². The van der Waals surface area contributed by atoms with E-state index in [-0.39, 0.29) is 0 Å². The van der Waals surface area contributed by atoms with Gasteiger partial charge in [-0.2, -0.15) is 0 Å². The normalized spacial score (nSPS) is 21.9. The van der Waals surface area contributed by atoms with Crippen molar-refractivity contribution in [1.82, 2.24) is 15.5 Å². The van der Waals surface area contributed by atoms with E-state index in [4.69, 9.17) is 11.5 Å². The van der Waals surface area contributed by atoms with Crippen LogP contribution in [0.5, 0.6) is 0 Å². The first-order valence-corrected chi connectivity index (χ1v) is 8.15. The molecule has 0 unspecified atom stereocenters. The molecule has 0 radical (unpaired) electrons. The van der Waals surface area contributed by atoms with Crippen LogP contribution in [0.3, 0.4) is 0 Å². The van der Waals surface area contributed by atoms with Gasteiger partial charge in [0.25, 0.3) is 0 Å². The number of nitrogens with zero attached hydrogens (tertiary/aromatic N) is 1. The molecule has 1 saturated heterocycles. The fourth-order valence-corrected chi connectivity index (χ4v) is 3.10. The van der Waals surface area contributed by atoms with Gasteiger partial charge in [-0.15, -0.1) is 0 Å². The highest BCUT2D eigenvalue weighted by atomic mass is 16.2. The maximum absolute atomic E-state index is 11.6. The molecule has 0 bridgehead atoms. The number of likely N-dealkylation sites (tertiary alicyclic amines) is 1. The van der Waals surface area contributed by atoms with Gasteiger partial charge in [0.05, 0.1) is 0 Å². The van der Waals surface area contributed by atoms with Crippen molar-refractivity contribution < 1.29 is 14.4 Å². The van der Waals surface area contributed by atoms with E-state index in [1.165, 1.54) is 6.42 Å². The lowest BCUT2D eigenvalue weighted by molar-refractivity contribution is -0.128. The molecule has 0 saturated carbocycles. The summed E-state index contributed by atoms with van der Waals surface area (Å²) < 4.78 is 0. The summed E-state index contributed by atoms with van der Waals surface area (Å²) in [7, 11) is 0. The molecule has 6 N–H and O–H groups in total. The van der Waals surface area contributed by atoms with Crippen LogP contribution >= 0.6 is 0 Å². The van der Waals surface area contributed by atoms with E-state index in [9.17, 15) is 14.4 Å². The van der Waals surface area contributed by atoms with Gasteiger partial charge < -0.3 is 27.0 Å². The van der Waals surface area contributed by atoms with E-state index < -0.39 is 23.9 Å². The lowest BCUT2D eigenvalue weighted by Crippen LogP contribution is -2.55. The van der Waals surface area contributed by atoms with Gasteiger partial charge in [0.2, 0.25) is 11.8 Å². The van der Waals surface area contributed by atoms with Gasteiger partial charge in [-0.1, -0.05) is 13.8 Å². The number of hydrogen-bond donors (Lipinski definition) is 4. The van der Waals surface area contributed by atoms with E-state index in [0.29, 0.717) is 6.54 Å². The molecule has 0 aliphatic carbocycles. The Labute approximate surface area is 137 Å². The molecule has 1 fully saturated rings. The summed E-state index contributed by atoms with van der Waals surface area (Å²) in [6.07, 6.45) is 3.10. The minimum Gasteiger partial charge on any atom is -0.367 e. The number of amides is 4. The van der Waals surface area contributed by atoms with Gasteiger partial charge in [-0.05, 0) is 37.6 Å². The third kappa shape index (κ3) is 7.32. The summed E-state index contributed by atoms with van der Waals surface area (Å²) in [5, 5.41) is 4.75. The topological polar surface area (TPSA) is 131 Å². The molecule has 8 heteroatoms. The first kappa shape index (κ1) is 19.2. The summed E-state index contributed by atoms with van der Waals surface area (Å²) in [4.78, 5) is 35.9. The Kier molecular flexibility index (Phi) is 7.80. The second kappa shape index (κ2) is 9.34. The van der Waals surface area contributed by atoms with Crippen molar-refractivity contribution >= 4 is 17.8 Å². The van der Waals surface area contributed by atoms with Crippen LogP contribution in [-0.4, -0.2) is 55.0 Å². The average molecular weight is 327 g/mol. The Morgan fingerprint density at radius 2 is 1.65 bits per heavy atom. The minimum absolute atomic E-state index is 0.467. The number of rotatable bonds is 8. The highest BCUT2D eigenvalue weighted by Gasteiger charge is 2.23. The Morgan fingerprint density at radius 1 is 1.09 bits per heavy atom. The molecular weight excluding hydrogens is 298 g/mol. The van der Waals surface area contributed by atoms with Crippen molar-refractivity contribution in [3.05, 3.63) is 0 Å². The van der Waals surface area contributed by atoms with Crippen molar-refractivity contribution in [3.63, 3.8) is 0 Å². The number of unbranched alkanes of at least 4 members (excludes halogenated alkanes) is 1. The van der Waals surface area contributed by atoms with Crippen LogP contribution in [0, 0.1) is 11.8 Å². The van der Waals surface area contributed by atoms with E-state index in [0.717, 1.165) is 44.3 Å². The van der Waals surface area contributed by atoms with Crippen molar-refractivity contribution in [1.29, 1.82) is 0 Å². The van der Waals surface area contributed by atoms with Crippen molar-refractivity contribution in [2.75, 3.05) is 26.2 Å². The molecule has 0 aromatic heterocycles. The zero-order valence-corrected chi connectivity index (χ0v) is 14.0. The van der Waals surface area contributed by atoms with E-state index in [1.54, 1.807) is 0 Å². The molecule has 2 atom stereocenters. The quantitative estimate of drug-likeness (QED) is 0.349. The molecular formula is C15H29N5O3. The fourth-order valence-electron chi connectivity index (χ4n) is 3.10. The number of piperidine rings is 1. The Bertz CT molecular complexity index is 405. The Balaban J connectivity index is 2.16. The second-order valence-corrected chi connectivity index (χ2v) is 6.55. The third-order valence-corrected chi connectivity index (χ3v) is 3.98. The number of carbonyl (C=O) groups excluding carboxylic acids is 3. The van der Waals surface area contributed by atoms with E-state index in [2.05, 4.69) is 29.4 Å². The SMILES string of the molecule is C[C@@H]1C[C@@H](C)CN(CCCCNC(=O)NC(C(N)=O)C(N)=O)C1. The first-order chi connectivity index (χ1) is 10.8. The zero-order valence-electron chi connectivity index (χ0n) is 14.0. The van der Waals surface area contributed by atoms with E-state index in [1.807, 2.05) is 0 Å². The number of nitrogens with two attached hydrogens (primary N) is 2. The monoisotopic (exact) mass is 327 g/mol. The van der Waals surface area contributed by atoms with Crippen molar-refractivity contribution in [2.24, 2.45) is 23.3 Å². The predicted molar refractivity (Wildman–Crippen MR) is 87.3 cm³/mol.